The molecule has 0 bridgehead atoms. The number of benzene rings is 2. The predicted molar refractivity (Wildman–Crippen MR) is 129 cm³/mol. The van der Waals surface area contributed by atoms with E-state index in [9.17, 15) is 4.79 Å². The number of aromatic nitrogens is 3. The highest BCUT2D eigenvalue weighted by Gasteiger charge is 2.19. The Bertz CT molecular complexity index is 1270. The number of pyridine rings is 1. The van der Waals surface area contributed by atoms with E-state index in [0.29, 0.717) is 37.0 Å². The smallest absolute Gasteiger partial charge is 0.272 e. The van der Waals surface area contributed by atoms with Crippen LogP contribution in [0.1, 0.15) is 21.6 Å². The van der Waals surface area contributed by atoms with E-state index >= 15 is 0 Å². The minimum atomic E-state index is -0.210. The Kier molecular flexibility index (Phi) is 6.24. The first-order chi connectivity index (χ1) is 16.2. The molecule has 1 aliphatic heterocycles. The van der Waals surface area contributed by atoms with Crippen molar-refractivity contribution >= 4 is 34.2 Å². The zero-order valence-corrected chi connectivity index (χ0v) is 18.8. The topological polar surface area (TPSA) is 72.3 Å². The molecule has 0 saturated carbocycles. The number of halogens is 1. The average Bonchev–Trinajstić information content (AvgIpc) is 3.23. The molecule has 7 nitrogen and oxygen atoms in total. The van der Waals surface area contributed by atoms with Crippen molar-refractivity contribution in [3.05, 3.63) is 88.7 Å². The quantitative estimate of drug-likeness (QED) is 0.471. The van der Waals surface area contributed by atoms with Gasteiger partial charge in [0.1, 0.15) is 5.82 Å². The summed E-state index contributed by atoms with van der Waals surface area (Å²) in [5.41, 5.74) is 3.35. The molecule has 2 aromatic heterocycles. The molecule has 0 unspecified atom stereocenters. The fraction of sp³-hybridized carbons (Fsp3) is 0.240. The Hall–Kier alpha value is -3.42. The van der Waals surface area contributed by atoms with Crippen molar-refractivity contribution in [1.29, 1.82) is 0 Å². The minimum Gasteiger partial charge on any atom is -0.378 e. The molecular weight excluding hydrogens is 438 g/mol. The second-order valence-corrected chi connectivity index (χ2v) is 8.35. The Morgan fingerprint density at radius 1 is 1.03 bits per heavy atom. The molecule has 0 atom stereocenters. The molecule has 4 aromatic rings. The van der Waals surface area contributed by atoms with Crippen molar-refractivity contribution in [1.82, 2.24) is 20.1 Å². The fourth-order valence-electron chi connectivity index (χ4n) is 4.07. The monoisotopic (exact) mass is 461 g/mol. The summed E-state index contributed by atoms with van der Waals surface area (Å²) in [6, 6.07) is 19.3. The molecule has 33 heavy (non-hydrogen) atoms. The maximum atomic E-state index is 13.2. The first-order valence-corrected chi connectivity index (χ1v) is 11.3. The van der Waals surface area contributed by atoms with Gasteiger partial charge in [0.25, 0.3) is 5.91 Å². The number of fused-ring (bicyclic) bond motifs is 1. The highest BCUT2D eigenvalue weighted by atomic mass is 35.5. The maximum absolute atomic E-state index is 13.2. The number of nitrogens with one attached hydrogen (secondary N) is 1. The summed E-state index contributed by atoms with van der Waals surface area (Å²) in [5, 5.41) is 9.22. The first-order valence-electron chi connectivity index (χ1n) is 10.9. The van der Waals surface area contributed by atoms with Gasteiger partial charge in [-0.25, -0.2) is 4.98 Å². The zero-order valence-electron chi connectivity index (χ0n) is 18.1. The summed E-state index contributed by atoms with van der Waals surface area (Å²) >= 11 is 6.01. The molecule has 3 heterocycles. The number of rotatable bonds is 6. The van der Waals surface area contributed by atoms with Gasteiger partial charge in [0.2, 0.25) is 0 Å². The molecule has 0 radical (unpaired) electrons. The molecule has 1 saturated heterocycles. The van der Waals surface area contributed by atoms with Gasteiger partial charge in [-0.3, -0.25) is 9.48 Å². The molecule has 1 amide bonds. The van der Waals surface area contributed by atoms with Crippen molar-refractivity contribution in [3.63, 3.8) is 0 Å². The molecule has 168 valence electrons. The van der Waals surface area contributed by atoms with Crippen molar-refractivity contribution in [2.75, 3.05) is 31.2 Å². The van der Waals surface area contributed by atoms with Gasteiger partial charge >= 0.3 is 0 Å². The predicted octanol–water partition coefficient (Wildman–Crippen LogP) is 3.90. The first kappa shape index (κ1) is 21.4. The number of carbonyl (C=O) groups is 1. The zero-order chi connectivity index (χ0) is 22.6. The van der Waals surface area contributed by atoms with Crippen LogP contribution in [0.5, 0.6) is 0 Å². The third-order valence-corrected chi connectivity index (χ3v) is 5.99. The summed E-state index contributed by atoms with van der Waals surface area (Å²) < 4.78 is 7.31. The number of amides is 1. The van der Waals surface area contributed by atoms with E-state index in [-0.39, 0.29) is 5.91 Å². The Morgan fingerprint density at radius 3 is 2.64 bits per heavy atom. The average molecular weight is 462 g/mol. The standard InChI is InChI=1S/C25H24ClN5O2/c26-20-9-7-18(8-10-20)17-31-22-6-2-1-5-21(22)23(29-31)25(32)28-16-19-4-3-11-27-24(19)30-12-14-33-15-13-30/h1-11H,12-17H2,(H,28,32). The lowest BCUT2D eigenvalue weighted by molar-refractivity contribution is 0.0946. The number of carbonyl (C=O) groups excluding carboxylic acids is 1. The van der Waals surface area contributed by atoms with E-state index in [1.807, 2.05) is 65.3 Å². The van der Waals surface area contributed by atoms with Crippen LogP contribution in [0.3, 0.4) is 0 Å². The van der Waals surface area contributed by atoms with Gasteiger partial charge in [-0.2, -0.15) is 5.10 Å². The van der Waals surface area contributed by atoms with Crippen molar-refractivity contribution in [2.45, 2.75) is 13.1 Å². The highest BCUT2D eigenvalue weighted by molar-refractivity contribution is 6.30. The van der Waals surface area contributed by atoms with Gasteiger partial charge in [-0.05, 0) is 29.8 Å². The largest absolute Gasteiger partial charge is 0.378 e. The number of ether oxygens (including phenoxy) is 1. The van der Waals surface area contributed by atoms with E-state index in [2.05, 4.69) is 20.3 Å². The molecule has 8 heteroatoms. The second-order valence-electron chi connectivity index (χ2n) is 7.92. The summed E-state index contributed by atoms with van der Waals surface area (Å²) in [6.45, 7) is 3.86. The van der Waals surface area contributed by atoms with E-state index in [1.54, 1.807) is 6.20 Å². The van der Waals surface area contributed by atoms with Gasteiger partial charge in [-0.1, -0.05) is 48.0 Å². The lowest BCUT2D eigenvalue weighted by Gasteiger charge is -2.29. The Balaban J connectivity index is 1.37. The van der Waals surface area contributed by atoms with Crippen LogP contribution >= 0.6 is 11.6 Å². The Morgan fingerprint density at radius 2 is 1.82 bits per heavy atom. The SMILES string of the molecule is O=C(NCc1cccnc1N1CCOCC1)c1nn(Cc2ccc(Cl)cc2)c2ccccc12. The van der Waals surface area contributed by atoms with Crippen molar-refractivity contribution in [2.24, 2.45) is 0 Å². The molecule has 1 fully saturated rings. The van der Waals surface area contributed by atoms with Crippen LogP contribution < -0.4 is 10.2 Å². The summed E-state index contributed by atoms with van der Waals surface area (Å²) in [6.07, 6.45) is 1.78. The van der Waals surface area contributed by atoms with Crippen LogP contribution in [0.2, 0.25) is 5.02 Å². The van der Waals surface area contributed by atoms with Gasteiger partial charge in [0.15, 0.2) is 5.69 Å². The van der Waals surface area contributed by atoms with E-state index in [1.165, 1.54) is 0 Å². The molecule has 1 N–H and O–H groups in total. The lowest BCUT2D eigenvalue weighted by Crippen LogP contribution is -2.37. The van der Waals surface area contributed by atoms with E-state index < -0.39 is 0 Å². The van der Waals surface area contributed by atoms with Gasteiger partial charge in [-0.15, -0.1) is 0 Å². The summed E-state index contributed by atoms with van der Waals surface area (Å²) in [5.74, 6) is 0.678. The van der Waals surface area contributed by atoms with Crippen LogP contribution in [-0.2, 0) is 17.8 Å². The van der Waals surface area contributed by atoms with Crippen LogP contribution in [0, 0.1) is 0 Å². The summed E-state index contributed by atoms with van der Waals surface area (Å²) in [4.78, 5) is 19.9. The van der Waals surface area contributed by atoms with Gasteiger partial charge < -0.3 is 15.0 Å². The molecule has 0 aliphatic carbocycles. The van der Waals surface area contributed by atoms with Crippen LogP contribution in [0.4, 0.5) is 5.82 Å². The highest BCUT2D eigenvalue weighted by Crippen LogP contribution is 2.22. The number of hydrogen-bond donors (Lipinski definition) is 1. The third-order valence-electron chi connectivity index (χ3n) is 5.74. The number of anilines is 1. The molecule has 5 rings (SSSR count). The normalized spacial score (nSPS) is 13.9. The number of hydrogen-bond acceptors (Lipinski definition) is 5. The van der Waals surface area contributed by atoms with Gasteiger partial charge in [0, 0.05) is 41.8 Å². The minimum absolute atomic E-state index is 0.210. The lowest BCUT2D eigenvalue weighted by atomic mass is 10.2. The molecular formula is C25H24ClN5O2. The van der Waals surface area contributed by atoms with Crippen LogP contribution in [0.15, 0.2) is 66.9 Å². The van der Waals surface area contributed by atoms with E-state index in [4.69, 9.17) is 16.3 Å². The fourth-order valence-corrected chi connectivity index (χ4v) is 4.19. The maximum Gasteiger partial charge on any atom is 0.272 e. The second kappa shape index (κ2) is 9.60. The van der Waals surface area contributed by atoms with Crippen molar-refractivity contribution < 1.29 is 9.53 Å². The number of morpholine rings is 1. The third kappa shape index (κ3) is 4.69. The molecule has 0 spiro atoms. The van der Waals surface area contributed by atoms with Crippen molar-refractivity contribution in [3.8, 4) is 0 Å². The molecule has 2 aromatic carbocycles. The Labute approximate surface area is 196 Å². The van der Waals surface area contributed by atoms with Crippen LogP contribution in [0.25, 0.3) is 10.9 Å². The summed E-state index contributed by atoms with van der Waals surface area (Å²) in [7, 11) is 0. The van der Waals surface area contributed by atoms with E-state index in [0.717, 1.165) is 40.9 Å². The number of para-hydroxylation sites is 1. The number of nitrogens with zero attached hydrogens (tertiary/aromatic N) is 4. The molecule has 1 aliphatic rings. The van der Waals surface area contributed by atoms with Crippen LogP contribution in [-0.4, -0.2) is 47.0 Å². The van der Waals surface area contributed by atoms with Gasteiger partial charge in [0.05, 0.1) is 25.3 Å².